The van der Waals surface area contributed by atoms with Crippen molar-refractivity contribution in [1.29, 1.82) is 0 Å². The molecule has 2 rings (SSSR count). The normalized spacial score (nSPS) is 14.9. The number of hydrogen-bond acceptors (Lipinski definition) is 3. The molecule has 17 heavy (non-hydrogen) atoms. The first-order chi connectivity index (χ1) is 8.11. The Labute approximate surface area is 102 Å². The number of nitrogens with zero attached hydrogens (tertiary/aromatic N) is 3. The minimum absolute atomic E-state index is 0.0307. The Hall–Kier alpha value is -1.52. The smallest absolute Gasteiger partial charge is 0.276 e. The molecule has 1 aromatic rings. The number of aromatic nitrogens is 2. The van der Waals surface area contributed by atoms with Gasteiger partial charge in [-0.15, -0.1) is 0 Å². The highest BCUT2D eigenvalue weighted by atomic mass is 16.2. The van der Waals surface area contributed by atoms with E-state index in [0.717, 1.165) is 19.5 Å². The fourth-order valence-corrected chi connectivity index (χ4v) is 1.98. The van der Waals surface area contributed by atoms with Crippen molar-refractivity contribution in [3.8, 4) is 0 Å². The highest BCUT2D eigenvalue weighted by Crippen LogP contribution is 2.30. The van der Waals surface area contributed by atoms with Crippen LogP contribution in [0.5, 0.6) is 0 Å². The van der Waals surface area contributed by atoms with Gasteiger partial charge in [-0.2, -0.15) is 5.10 Å². The Morgan fingerprint density at radius 1 is 1.65 bits per heavy atom. The standard InChI is InChI=1S/C12H20N4O/c1-3-6-16(7-9-4-5-9)12(17)11-10(13)8-15(2)14-11/h8-9H,3-7,13H2,1-2H3. The molecule has 1 saturated carbocycles. The van der Waals surface area contributed by atoms with E-state index in [9.17, 15) is 4.79 Å². The summed E-state index contributed by atoms with van der Waals surface area (Å²) in [5.74, 6) is 0.660. The molecule has 1 aliphatic carbocycles. The first-order valence-corrected chi connectivity index (χ1v) is 6.20. The lowest BCUT2D eigenvalue weighted by Crippen LogP contribution is -2.34. The summed E-state index contributed by atoms with van der Waals surface area (Å²) in [4.78, 5) is 14.2. The van der Waals surface area contributed by atoms with E-state index in [2.05, 4.69) is 12.0 Å². The van der Waals surface area contributed by atoms with Gasteiger partial charge in [0.05, 0.1) is 5.69 Å². The number of hydrogen-bond donors (Lipinski definition) is 1. The topological polar surface area (TPSA) is 64.2 Å². The van der Waals surface area contributed by atoms with Crippen LogP contribution in [0.3, 0.4) is 0 Å². The van der Waals surface area contributed by atoms with E-state index in [1.807, 2.05) is 4.90 Å². The SMILES string of the molecule is CCCN(CC1CC1)C(=O)c1nn(C)cc1N. The maximum Gasteiger partial charge on any atom is 0.276 e. The van der Waals surface area contributed by atoms with Crippen LogP contribution in [0.25, 0.3) is 0 Å². The maximum atomic E-state index is 12.3. The lowest BCUT2D eigenvalue weighted by Gasteiger charge is -2.21. The highest BCUT2D eigenvalue weighted by molar-refractivity contribution is 5.97. The zero-order valence-corrected chi connectivity index (χ0v) is 10.5. The Morgan fingerprint density at radius 2 is 2.35 bits per heavy atom. The van der Waals surface area contributed by atoms with E-state index in [1.165, 1.54) is 12.8 Å². The summed E-state index contributed by atoms with van der Waals surface area (Å²) >= 11 is 0. The van der Waals surface area contributed by atoms with Gasteiger partial charge in [0.25, 0.3) is 5.91 Å². The van der Waals surface area contributed by atoms with Gasteiger partial charge in [0, 0.05) is 26.3 Å². The third-order valence-corrected chi connectivity index (χ3v) is 3.02. The van der Waals surface area contributed by atoms with E-state index in [4.69, 9.17) is 5.73 Å². The second kappa shape index (κ2) is 4.77. The summed E-state index contributed by atoms with van der Waals surface area (Å²) < 4.78 is 1.59. The minimum Gasteiger partial charge on any atom is -0.396 e. The molecule has 2 N–H and O–H groups in total. The first-order valence-electron chi connectivity index (χ1n) is 6.20. The number of rotatable bonds is 5. The van der Waals surface area contributed by atoms with Crippen LogP contribution in [0, 0.1) is 5.92 Å². The van der Waals surface area contributed by atoms with Crippen molar-refractivity contribution >= 4 is 11.6 Å². The number of nitrogen functional groups attached to an aromatic ring is 1. The van der Waals surface area contributed by atoms with E-state index in [0.29, 0.717) is 17.3 Å². The molecule has 0 bridgehead atoms. The summed E-state index contributed by atoms with van der Waals surface area (Å²) in [7, 11) is 1.78. The van der Waals surface area contributed by atoms with Crippen LogP contribution < -0.4 is 5.73 Å². The number of aryl methyl sites for hydroxylation is 1. The predicted octanol–water partition coefficient (Wildman–Crippen LogP) is 1.26. The van der Waals surface area contributed by atoms with Gasteiger partial charge in [0.2, 0.25) is 0 Å². The Morgan fingerprint density at radius 3 is 2.82 bits per heavy atom. The average molecular weight is 236 g/mol. The highest BCUT2D eigenvalue weighted by Gasteiger charge is 2.28. The summed E-state index contributed by atoms with van der Waals surface area (Å²) in [6.07, 6.45) is 5.12. The molecule has 1 heterocycles. The molecular weight excluding hydrogens is 216 g/mol. The number of carbonyl (C=O) groups excluding carboxylic acids is 1. The third-order valence-electron chi connectivity index (χ3n) is 3.02. The van der Waals surface area contributed by atoms with E-state index in [1.54, 1.807) is 17.9 Å². The van der Waals surface area contributed by atoms with Crippen molar-refractivity contribution in [2.45, 2.75) is 26.2 Å². The summed E-state index contributed by atoms with van der Waals surface area (Å²) in [5, 5.41) is 4.14. The molecule has 1 fully saturated rings. The van der Waals surface area contributed by atoms with Crippen LogP contribution in [0.15, 0.2) is 6.20 Å². The van der Waals surface area contributed by atoms with Crippen LogP contribution in [0.1, 0.15) is 36.7 Å². The average Bonchev–Trinajstić information content (AvgIpc) is 3.02. The quantitative estimate of drug-likeness (QED) is 0.837. The van der Waals surface area contributed by atoms with Crippen LogP contribution in [0.2, 0.25) is 0 Å². The van der Waals surface area contributed by atoms with Crippen molar-refractivity contribution in [3.05, 3.63) is 11.9 Å². The van der Waals surface area contributed by atoms with Gasteiger partial charge in [-0.25, -0.2) is 0 Å². The number of carbonyl (C=O) groups is 1. The second-order valence-corrected chi connectivity index (χ2v) is 4.80. The van der Waals surface area contributed by atoms with Crippen molar-refractivity contribution in [3.63, 3.8) is 0 Å². The molecule has 1 aromatic heterocycles. The van der Waals surface area contributed by atoms with Gasteiger partial charge >= 0.3 is 0 Å². The summed E-state index contributed by atoms with van der Waals surface area (Å²) in [6, 6.07) is 0. The molecule has 0 saturated heterocycles. The molecule has 5 heteroatoms. The largest absolute Gasteiger partial charge is 0.396 e. The maximum absolute atomic E-state index is 12.3. The molecule has 1 aliphatic rings. The first kappa shape index (κ1) is 12.0. The Kier molecular flexibility index (Phi) is 3.36. The minimum atomic E-state index is -0.0307. The summed E-state index contributed by atoms with van der Waals surface area (Å²) in [6.45, 7) is 3.71. The van der Waals surface area contributed by atoms with Crippen molar-refractivity contribution in [2.75, 3.05) is 18.8 Å². The van der Waals surface area contributed by atoms with E-state index in [-0.39, 0.29) is 5.91 Å². The number of nitrogens with two attached hydrogens (primary N) is 1. The monoisotopic (exact) mass is 236 g/mol. The second-order valence-electron chi connectivity index (χ2n) is 4.80. The van der Waals surface area contributed by atoms with Gasteiger partial charge in [0.15, 0.2) is 5.69 Å². The van der Waals surface area contributed by atoms with Crippen LogP contribution in [-0.2, 0) is 7.05 Å². The van der Waals surface area contributed by atoms with Gasteiger partial charge in [-0.05, 0) is 25.2 Å². The lowest BCUT2D eigenvalue weighted by molar-refractivity contribution is 0.0742. The molecule has 94 valence electrons. The van der Waals surface area contributed by atoms with Crippen LogP contribution >= 0.6 is 0 Å². The van der Waals surface area contributed by atoms with Gasteiger partial charge < -0.3 is 10.6 Å². The van der Waals surface area contributed by atoms with Crippen molar-refractivity contribution < 1.29 is 4.79 Å². The van der Waals surface area contributed by atoms with Gasteiger partial charge in [0.1, 0.15) is 0 Å². The van der Waals surface area contributed by atoms with Gasteiger partial charge in [-0.1, -0.05) is 6.92 Å². The summed E-state index contributed by atoms with van der Waals surface area (Å²) in [5.41, 5.74) is 6.65. The molecule has 0 atom stereocenters. The molecular formula is C12H20N4O. The van der Waals surface area contributed by atoms with Crippen LogP contribution in [0.4, 0.5) is 5.69 Å². The molecule has 5 nitrogen and oxygen atoms in total. The molecule has 1 amide bonds. The van der Waals surface area contributed by atoms with E-state index < -0.39 is 0 Å². The lowest BCUT2D eigenvalue weighted by atomic mass is 10.2. The number of amides is 1. The molecule has 0 aliphatic heterocycles. The van der Waals surface area contributed by atoms with Crippen LogP contribution in [-0.4, -0.2) is 33.7 Å². The fraction of sp³-hybridized carbons (Fsp3) is 0.667. The fourth-order valence-electron chi connectivity index (χ4n) is 1.98. The third kappa shape index (κ3) is 2.78. The Balaban J connectivity index is 2.11. The molecule has 0 spiro atoms. The van der Waals surface area contributed by atoms with E-state index >= 15 is 0 Å². The zero-order chi connectivity index (χ0) is 12.4. The Bertz CT molecular complexity index is 409. The molecule has 0 radical (unpaired) electrons. The van der Waals surface area contributed by atoms with Gasteiger partial charge in [-0.3, -0.25) is 9.48 Å². The predicted molar refractivity (Wildman–Crippen MR) is 66.5 cm³/mol. The van der Waals surface area contributed by atoms with Crippen molar-refractivity contribution in [1.82, 2.24) is 14.7 Å². The molecule has 0 unspecified atom stereocenters. The van der Waals surface area contributed by atoms with Crippen molar-refractivity contribution in [2.24, 2.45) is 13.0 Å². The molecule has 0 aromatic carbocycles. The zero-order valence-electron chi connectivity index (χ0n) is 10.5. The number of anilines is 1.